The standard InChI is InChI=1S/C13H19BrN2O2S.ClH/c1-10(15)11-3-2-8-16(9-11)19(17,18)13-6-4-12(14)5-7-13;/h4-7,10-11H,2-3,8-9,15H2,1H3;1H. The van der Waals surface area contributed by atoms with E-state index >= 15 is 0 Å². The summed E-state index contributed by atoms with van der Waals surface area (Å²) in [6.07, 6.45) is 1.88. The Morgan fingerprint density at radius 3 is 2.50 bits per heavy atom. The normalized spacial score (nSPS) is 22.1. The number of rotatable bonds is 3. The number of nitrogens with zero attached hydrogens (tertiary/aromatic N) is 1. The topological polar surface area (TPSA) is 63.4 Å². The molecule has 0 saturated carbocycles. The zero-order chi connectivity index (χ0) is 14.0. The van der Waals surface area contributed by atoms with Gasteiger partial charge in [-0.05, 0) is 49.9 Å². The molecule has 0 aliphatic carbocycles. The number of benzene rings is 1. The van der Waals surface area contributed by atoms with Crippen LogP contribution in [0.4, 0.5) is 0 Å². The molecule has 114 valence electrons. The lowest BCUT2D eigenvalue weighted by Crippen LogP contribution is -2.44. The molecule has 2 rings (SSSR count). The van der Waals surface area contributed by atoms with E-state index in [1.54, 1.807) is 28.6 Å². The predicted octanol–water partition coefficient (Wildman–Crippen LogP) is 2.62. The molecule has 1 fully saturated rings. The quantitative estimate of drug-likeness (QED) is 0.872. The van der Waals surface area contributed by atoms with Gasteiger partial charge in [0.05, 0.1) is 4.90 Å². The molecule has 4 nitrogen and oxygen atoms in total. The summed E-state index contributed by atoms with van der Waals surface area (Å²) in [6.45, 7) is 3.05. The van der Waals surface area contributed by atoms with E-state index in [-0.39, 0.29) is 24.4 Å². The zero-order valence-electron chi connectivity index (χ0n) is 11.3. The van der Waals surface area contributed by atoms with Gasteiger partial charge < -0.3 is 5.73 Å². The molecule has 20 heavy (non-hydrogen) atoms. The van der Waals surface area contributed by atoms with Gasteiger partial charge in [-0.3, -0.25) is 0 Å². The number of hydrogen-bond acceptors (Lipinski definition) is 3. The lowest BCUT2D eigenvalue weighted by molar-refractivity contribution is 0.243. The minimum absolute atomic E-state index is 0. The van der Waals surface area contributed by atoms with Gasteiger partial charge in [0.1, 0.15) is 0 Å². The van der Waals surface area contributed by atoms with E-state index in [1.807, 2.05) is 6.92 Å². The number of nitrogens with two attached hydrogens (primary N) is 1. The Balaban J connectivity index is 0.00000200. The van der Waals surface area contributed by atoms with E-state index in [4.69, 9.17) is 5.73 Å². The molecule has 1 saturated heterocycles. The van der Waals surface area contributed by atoms with Gasteiger partial charge in [-0.2, -0.15) is 4.31 Å². The molecule has 2 N–H and O–H groups in total. The van der Waals surface area contributed by atoms with E-state index in [2.05, 4.69) is 15.9 Å². The van der Waals surface area contributed by atoms with Crippen LogP contribution in [0, 0.1) is 5.92 Å². The lowest BCUT2D eigenvalue weighted by Gasteiger charge is -2.33. The molecule has 0 bridgehead atoms. The van der Waals surface area contributed by atoms with Crippen LogP contribution in [-0.2, 0) is 10.0 Å². The maximum Gasteiger partial charge on any atom is 0.243 e. The summed E-state index contributed by atoms with van der Waals surface area (Å²) in [4.78, 5) is 0.348. The summed E-state index contributed by atoms with van der Waals surface area (Å²) in [7, 11) is -3.39. The first-order valence-corrected chi connectivity index (χ1v) is 8.66. The number of halogens is 2. The number of piperidine rings is 1. The minimum Gasteiger partial charge on any atom is -0.328 e. The summed E-state index contributed by atoms with van der Waals surface area (Å²) in [5.74, 6) is 0.249. The molecule has 2 unspecified atom stereocenters. The molecule has 1 aromatic rings. The van der Waals surface area contributed by atoms with Crippen LogP contribution in [0.25, 0.3) is 0 Å². The molecule has 0 spiro atoms. The van der Waals surface area contributed by atoms with Crippen molar-refractivity contribution in [1.82, 2.24) is 4.31 Å². The Kier molecular flexibility index (Phi) is 6.47. The molecule has 1 heterocycles. The predicted molar refractivity (Wildman–Crippen MR) is 86.5 cm³/mol. The molecular formula is C13H20BrClN2O2S. The molecule has 1 aliphatic rings. The maximum absolute atomic E-state index is 12.5. The van der Waals surface area contributed by atoms with Crippen molar-refractivity contribution in [2.24, 2.45) is 11.7 Å². The number of sulfonamides is 1. The Labute approximate surface area is 135 Å². The highest BCUT2D eigenvalue weighted by Gasteiger charge is 2.31. The molecule has 1 aromatic carbocycles. The van der Waals surface area contributed by atoms with Gasteiger partial charge >= 0.3 is 0 Å². The molecule has 1 aliphatic heterocycles. The monoisotopic (exact) mass is 382 g/mol. The second-order valence-electron chi connectivity index (χ2n) is 5.08. The second-order valence-corrected chi connectivity index (χ2v) is 7.93. The van der Waals surface area contributed by atoms with E-state index in [0.717, 1.165) is 17.3 Å². The van der Waals surface area contributed by atoms with Crippen molar-refractivity contribution in [3.63, 3.8) is 0 Å². The van der Waals surface area contributed by atoms with Crippen LogP contribution in [0.1, 0.15) is 19.8 Å². The summed E-state index contributed by atoms with van der Waals surface area (Å²) in [5, 5.41) is 0. The van der Waals surface area contributed by atoms with Gasteiger partial charge in [0, 0.05) is 23.6 Å². The van der Waals surface area contributed by atoms with E-state index in [9.17, 15) is 8.42 Å². The fourth-order valence-corrected chi connectivity index (χ4v) is 4.18. The first-order chi connectivity index (χ1) is 8.91. The van der Waals surface area contributed by atoms with Crippen LogP contribution in [0.3, 0.4) is 0 Å². The fraction of sp³-hybridized carbons (Fsp3) is 0.538. The molecular weight excluding hydrogens is 364 g/mol. The highest BCUT2D eigenvalue weighted by atomic mass is 79.9. The van der Waals surface area contributed by atoms with Gasteiger partial charge in [-0.15, -0.1) is 12.4 Å². The summed E-state index contributed by atoms with van der Waals surface area (Å²) >= 11 is 3.31. The third kappa shape index (κ3) is 3.95. The van der Waals surface area contributed by atoms with Gasteiger partial charge in [-0.25, -0.2) is 8.42 Å². The summed E-state index contributed by atoms with van der Waals surface area (Å²) in [6, 6.07) is 6.80. The third-order valence-electron chi connectivity index (χ3n) is 3.62. The highest BCUT2D eigenvalue weighted by molar-refractivity contribution is 9.10. The van der Waals surface area contributed by atoms with Crippen molar-refractivity contribution in [2.45, 2.75) is 30.7 Å². The van der Waals surface area contributed by atoms with Crippen LogP contribution < -0.4 is 5.73 Å². The molecule has 0 aromatic heterocycles. The SMILES string of the molecule is CC(N)C1CCCN(S(=O)(=O)c2ccc(Br)cc2)C1.Cl. The van der Waals surface area contributed by atoms with Gasteiger partial charge in [-0.1, -0.05) is 15.9 Å². The number of hydrogen-bond donors (Lipinski definition) is 1. The Bertz CT molecular complexity index is 534. The van der Waals surface area contributed by atoms with Gasteiger partial charge in [0.25, 0.3) is 0 Å². The Morgan fingerprint density at radius 2 is 1.95 bits per heavy atom. The second kappa shape index (κ2) is 7.22. The van der Waals surface area contributed by atoms with Gasteiger partial charge in [0.2, 0.25) is 10.0 Å². The van der Waals surface area contributed by atoms with Crippen LogP contribution in [-0.4, -0.2) is 31.9 Å². The van der Waals surface area contributed by atoms with Gasteiger partial charge in [0.15, 0.2) is 0 Å². The Morgan fingerprint density at radius 1 is 1.35 bits per heavy atom. The van der Waals surface area contributed by atoms with Crippen molar-refractivity contribution in [1.29, 1.82) is 0 Å². The van der Waals surface area contributed by atoms with Crippen LogP contribution in [0.5, 0.6) is 0 Å². The third-order valence-corrected chi connectivity index (χ3v) is 6.02. The fourth-order valence-electron chi connectivity index (χ4n) is 2.38. The van der Waals surface area contributed by atoms with Crippen molar-refractivity contribution >= 4 is 38.4 Å². The average Bonchev–Trinajstić information content (AvgIpc) is 2.39. The van der Waals surface area contributed by atoms with Crippen molar-refractivity contribution in [2.75, 3.05) is 13.1 Å². The molecule has 2 atom stereocenters. The lowest BCUT2D eigenvalue weighted by atomic mass is 9.93. The highest BCUT2D eigenvalue weighted by Crippen LogP contribution is 2.25. The van der Waals surface area contributed by atoms with Crippen LogP contribution in [0.15, 0.2) is 33.6 Å². The summed E-state index contributed by atoms with van der Waals surface area (Å²) in [5.41, 5.74) is 5.90. The smallest absolute Gasteiger partial charge is 0.243 e. The molecule has 7 heteroatoms. The van der Waals surface area contributed by atoms with E-state index in [0.29, 0.717) is 18.0 Å². The minimum atomic E-state index is -3.39. The van der Waals surface area contributed by atoms with Crippen molar-refractivity contribution in [3.8, 4) is 0 Å². The zero-order valence-corrected chi connectivity index (χ0v) is 14.5. The van der Waals surface area contributed by atoms with Crippen molar-refractivity contribution in [3.05, 3.63) is 28.7 Å². The van der Waals surface area contributed by atoms with Crippen molar-refractivity contribution < 1.29 is 8.42 Å². The maximum atomic E-state index is 12.5. The average molecular weight is 384 g/mol. The largest absolute Gasteiger partial charge is 0.328 e. The Hall–Kier alpha value is -0.140. The molecule has 0 amide bonds. The van der Waals surface area contributed by atoms with Crippen LogP contribution in [0.2, 0.25) is 0 Å². The summed E-state index contributed by atoms with van der Waals surface area (Å²) < 4.78 is 27.5. The van der Waals surface area contributed by atoms with E-state index < -0.39 is 10.0 Å². The van der Waals surface area contributed by atoms with Crippen LogP contribution >= 0.6 is 28.3 Å². The molecule has 0 radical (unpaired) electrons. The first-order valence-electron chi connectivity index (χ1n) is 6.42. The first kappa shape index (κ1) is 17.9. The van der Waals surface area contributed by atoms with E-state index in [1.165, 1.54) is 0 Å².